The Kier molecular flexibility index (Phi) is 5.90. The smallest absolute Gasteiger partial charge is 0.319 e. The van der Waals surface area contributed by atoms with E-state index in [9.17, 15) is 14.0 Å². The van der Waals surface area contributed by atoms with Gasteiger partial charge < -0.3 is 21.3 Å². The van der Waals surface area contributed by atoms with Crippen LogP contribution in [-0.4, -0.2) is 36.0 Å². The molecule has 3 amide bonds. The van der Waals surface area contributed by atoms with Crippen molar-refractivity contribution >= 4 is 23.3 Å². The monoisotopic (exact) mass is 370 g/mol. The largest absolute Gasteiger partial charge is 0.399 e. The molecule has 3 rings (SSSR count). The Morgan fingerprint density at radius 3 is 2.30 bits per heavy atom. The molecule has 0 aliphatic carbocycles. The molecular formula is C20H23FN4O2. The number of rotatable bonds is 4. The normalized spacial score (nSPS) is 14.6. The Labute approximate surface area is 157 Å². The van der Waals surface area contributed by atoms with E-state index in [0.29, 0.717) is 43.7 Å². The molecule has 0 unspecified atom stereocenters. The lowest BCUT2D eigenvalue weighted by molar-refractivity contribution is -0.131. The lowest BCUT2D eigenvalue weighted by Gasteiger charge is -2.32. The predicted molar refractivity (Wildman–Crippen MR) is 103 cm³/mol. The average Bonchev–Trinajstić information content (AvgIpc) is 2.66. The summed E-state index contributed by atoms with van der Waals surface area (Å²) in [5.74, 6) is -0.272. The highest BCUT2D eigenvalue weighted by atomic mass is 19.1. The van der Waals surface area contributed by atoms with Gasteiger partial charge in [0.15, 0.2) is 0 Å². The number of anilines is 2. The van der Waals surface area contributed by atoms with Gasteiger partial charge in [0.25, 0.3) is 0 Å². The van der Waals surface area contributed by atoms with Crippen molar-refractivity contribution in [2.24, 2.45) is 0 Å². The van der Waals surface area contributed by atoms with E-state index in [0.717, 1.165) is 5.56 Å². The van der Waals surface area contributed by atoms with E-state index in [2.05, 4.69) is 10.6 Å². The summed E-state index contributed by atoms with van der Waals surface area (Å²) >= 11 is 0. The molecular weight excluding hydrogens is 347 g/mol. The van der Waals surface area contributed by atoms with Crippen molar-refractivity contribution in [1.29, 1.82) is 0 Å². The number of nitrogens with two attached hydrogens (primary N) is 1. The summed E-state index contributed by atoms with van der Waals surface area (Å²) in [4.78, 5) is 26.3. The van der Waals surface area contributed by atoms with E-state index in [1.54, 1.807) is 12.1 Å². The first-order valence-corrected chi connectivity index (χ1v) is 8.95. The Morgan fingerprint density at radius 2 is 1.67 bits per heavy atom. The molecule has 0 radical (unpaired) electrons. The second-order valence-corrected chi connectivity index (χ2v) is 6.68. The zero-order valence-corrected chi connectivity index (χ0v) is 15.0. The number of amides is 3. The number of urea groups is 1. The third-order valence-corrected chi connectivity index (χ3v) is 4.62. The van der Waals surface area contributed by atoms with Crippen LogP contribution in [0.5, 0.6) is 0 Å². The Hall–Kier alpha value is -3.09. The maximum Gasteiger partial charge on any atom is 0.319 e. The number of carbonyl (C=O) groups excluding carboxylic acids is 2. The zero-order chi connectivity index (χ0) is 19.2. The lowest BCUT2D eigenvalue weighted by atomic mass is 10.0. The standard InChI is InChI=1S/C20H23FN4O2/c21-15-3-7-17(8-4-15)23-20(27)24-18-9-11-25(12-10-18)19(26)13-14-1-5-16(22)6-2-14/h1-8,18H,9-13,22H2,(H2,23,24,27). The molecule has 2 aromatic carbocycles. The molecule has 0 saturated carbocycles. The Balaban J connectivity index is 1.42. The van der Waals surface area contributed by atoms with Crippen LogP contribution in [0.1, 0.15) is 18.4 Å². The topological polar surface area (TPSA) is 87.5 Å². The first-order chi connectivity index (χ1) is 13.0. The summed E-state index contributed by atoms with van der Waals surface area (Å²) in [6, 6.07) is 12.6. The van der Waals surface area contributed by atoms with Gasteiger partial charge in [0.1, 0.15) is 5.82 Å². The van der Waals surface area contributed by atoms with E-state index >= 15 is 0 Å². The van der Waals surface area contributed by atoms with Crippen LogP contribution < -0.4 is 16.4 Å². The van der Waals surface area contributed by atoms with Crippen molar-refractivity contribution in [1.82, 2.24) is 10.2 Å². The number of hydrogen-bond donors (Lipinski definition) is 3. The number of halogens is 1. The minimum absolute atomic E-state index is 0.00558. The van der Waals surface area contributed by atoms with E-state index in [4.69, 9.17) is 5.73 Å². The van der Waals surface area contributed by atoms with Crippen molar-refractivity contribution in [2.45, 2.75) is 25.3 Å². The molecule has 1 aliphatic rings. The zero-order valence-electron chi connectivity index (χ0n) is 15.0. The van der Waals surface area contributed by atoms with Crippen LogP contribution in [0.15, 0.2) is 48.5 Å². The Morgan fingerprint density at radius 1 is 1.04 bits per heavy atom. The summed E-state index contributed by atoms with van der Waals surface area (Å²) in [5, 5.41) is 5.58. The molecule has 0 bridgehead atoms. The van der Waals surface area contributed by atoms with Crippen molar-refractivity contribution in [3.05, 3.63) is 59.9 Å². The van der Waals surface area contributed by atoms with Crippen LogP contribution >= 0.6 is 0 Å². The molecule has 142 valence electrons. The summed E-state index contributed by atoms with van der Waals surface area (Å²) in [6.07, 6.45) is 1.75. The number of hydrogen-bond acceptors (Lipinski definition) is 3. The molecule has 4 N–H and O–H groups in total. The van der Waals surface area contributed by atoms with Gasteiger partial charge in [-0.05, 0) is 54.8 Å². The summed E-state index contributed by atoms with van der Waals surface area (Å²) in [5.41, 5.74) is 7.81. The Bertz CT molecular complexity index is 785. The fraction of sp³-hybridized carbons (Fsp3) is 0.300. The summed E-state index contributed by atoms with van der Waals surface area (Å²) < 4.78 is 12.9. The average molecular weight is 370 g/mol. The van der Waals surface area contributed by atoms with Gasteiger partial charge in [0.2, 0.25) is 5.91 Å². The third-order valence-electron chi connectivity index (χ3n) is 4.62. The van der Waals surface area contributed by atoms with Gasteiger partial charge >= 0.3 is 6.03 Å². The SMILES string of the molecule is Nc1ccc(CC(=O)N2CCC(NC(=O)Nc3ccc(F)cc3)CC2)cc1. The van der Waals surface area contributed by atoms with E-state index in [1.807, 2.05) is 17.0 Å². The number of nitrogens with zero attached hydrogens (tertiary/aromatic N) is 1. The highest BCUT2D eigenvalue weighted by Crippen LogP contribution is 2.14. The lowest BCUT2D eigenvalue weighted by Crippen LogP contribution is -2.47. The van der Waals surface area contributed by atoms with E-state index in [1.165, 1.54) is 24.3 Å². The molecule has 1 heterocycles. The first kappa shape index (κ1) is 18.7. The van der Waals surface area contributed by atoms with Crippen LogP contribution in [-0.2, 0) is 11.2 Å². The highest BCUT2D eigenvalue weighted by Gasteiger charge is 2.23. The van der Waals surface area contributed by atoms with Gasteiger partial charge in [-0.2, -0.15) is 0 Å². The summed E-state index contributed by atoms with van der Waals surface area (Å²) in [7, 11) is 0. The van der Waals surface area contributed by atoms with Gasteiger partial charge in [-0.25, -0.2) is 9.18 Å². The highest BCUT2D eigenvalue weighted by molar-refractivity contribution is 5.89. The molecule has 6 nitrogen and oxygen atoms in total. The van der Waals surface area contributed by atoms with Gasteiger partial charge in [-0.3, -0.25) is 4.79 Å². The number of carbonyl (C=O) groups is 2. The van der Waals surface area contributed by atoms with Crippen LogP contribution in [0, 0.1) is 5.82 Å². The molecule has 1 aliphatic heterocycles. The fourth-order valence-corrected chi connectivity index (χ4v) is 3.08. The third kappa shape index (κ3) is 5.44. The fourth-order valence-electron chi connectivity index (χ4n) is 3.08. The second-order valence-electron chi connectivity index (χ2n) is 6.68. The van der Waals surface area contributed by atoms with E-state index in [-0.39, 0.29) is 23.8 Å². The van der Waals surface area contributed by atoms with Crippen LogP contribution in [0.25, 0.3) is 0 Å². The van der Waals surface area contributed by atoms with E-state index < -0.39 is 0 Å². The molecule has 2 aromatic rings. The minimum Gasteiger partial charge on any atom is -0.399 e. The van der Waals surface area contributed by atoms with Gasteiger partial charge in [0, 0.05) is 30.5 Å². The molecule has 7 heteroatoms. The quantitative estimate of drug-likeness (QED) is 0.723. The molecule has 0 aromatic heterocycles. The molecule has 1 saturated heterocycles. The first-order valence-electron chi connectivity index (χ1n) is 8.95. The van der Waals surface area contributed by atoms with Gasteiger partial charge in [-0.15, -0.1) is 0 Å². The van der Waals surface area contributed by atoms with Crippen molar-refractivity contribution in [3.63, 3.8) is 0 Å². The van der Waals surface area contributed by atoms with Crippen LogP contribution in [0.2, 0.25) is 0 Å². The summed E-state index contributed by atoms with van der Waals surface area (Å²) in [6.45, 7) is 1.21. The van der Waals surface area contributed by atoms with Crippen molar-refractivity contribution in [3.8, 4) is 0 Å². The van der Waals surface area contributed by atoms with Crippen molar-refractivity contribution < 1.29 is 14.0 Å². The second kappa shape index (κ2) is 8.53. The number of nitrogens with one attached hydrogen (secondary N) is 2. The van der Waals surface area contributed by atoms with Gasteiger partial charge in [0.05, 0.1) is 6.42 Å². The number of benzene rings is 2. The predicted octanol–water partition coefficient (Wildman–Crippen LogP) is 2.76. The minimum atomic E-state index is -0.350. The number of nitrogen functional groups attached to an aromatic ring is 1. The molecule has 1 fully saturated rings. The van der Waals surface area contributed by atoms with Crippen LogP contribution in [0.4, 0.5) is 20.6 Å². The van der Waals surface area contributed by atoms with Crippen molar-refractivity contribution in [2.75, 3.05) is 24.1 Å². The number of likely N-dealkylation sites (tertiary alicyclic amines) is 1. The molecule has 0 spiro atoms. The van der Waals surface area contributed by atoms with Gasteiger partial charge in [-0.1, -0.05) is 12.1 Å². The van der Waals surface area contributed by atoms with Crippen LogP contribution in [0.3, 0.4) is 0 Å². The molecule has 27 heavy (non-hydrogen) atoms. The molecule has 0 atom stereocenters. The number of piperidine rings is 1. The maximum atomic E-state index is 12.9. The maximum absolute atomic E-state index is 12.9.